The van der Waals surface area contributed by atoms with Crippen molar-refractivity contribution in [1.82, 2.24) is 20.2 Å². The third kappa shape index (κ3) is 2.77. The summed E-state index contributed by atoms with van der Waals surface area (Å²) in [6, 6.07) is 17.4. The predicted molar refractivity (Wildman–Crippen MR) is 74.7 cm³/mol. The maximum absolute atomic E-state index is 5.87. The van der Waals surface area contributed by atoms with Crippen molar-refractivity contribution in [2.75, 3.05) is 0 Å². The van der Waals surface area contributed by atoms with Gasteiger partial charge in [-0.15, -0.1) is 5.10 Å². The fraction of sp³-hybridized carbons (Fsp3) is 0. The lowest BCUT2D eigenvalue weighted by molar-refractivity contribution is 0.756. The number of hydrogen-bond donors (Lipinski definition) is 0. The van der Waals surface area contributed by atoms with Crippen molar-refractivity contribution in [3.8, 4) is 5.69 Å². The first kappa shape index (κ1) is 12.2. The van der Waals surface area contributed by atoms with Gasteiger partial charge in [-0.2, -0.15) is 4.68 Å². The molecule has 0 spiro atoms. The van der Waals surface area contributed by atoms with E-state index in [0.717, 1.165) is 10.6 Å². The lowest BCUT2D eigenvalue weighted by Gasteiger charge is -2.03. The first-order valence-electron chi connectivity index (χ1n) is 5.60. The smallest absolute Gasteiger partial charge is 0.187 e. The van der Waals surface area contributed by atoms with Crippen LogP contribution in [0.4, 0.5) is 0 Å². The number of para-hydroxylation sites is 1. The number of nitrogens with zero attached hydrogens (tertiary/aromatic N) is 4. The Balaban J connectivity index is 1.91. The van der Waals surface area contributed by atoms with E-state index in [1.165, 1.54) is 11.8 Å². The maximum atomic E-state index is 5.87. The Morgan fingerprint density at radius 1 is 0.947 bits per heavy atom. The van der Waals surface area contributed by atoms with Gasteiger partial charge in [0.1, 0.15) is 0 Å². The quantitative estimate of drug-likeness (QED) is 0.740. The van der Waals surface area contributed by atoms with Crippen LogP contribution in [0.3, 0.4) is 0 Å². The Morgan fingerprint density at radius 2 is 1.68 bits per heavy atom. The van der Waals surface area contributed by atoms with Crippen LogP contribution in [0, 0.1) is 0 Å². The largest absolute Gasteiger partial charge is 0.218 e. The summed E-state index contributed by atoms with van der Waals surface area (Å²) in [5, 5.41) is 13.2. The van der Waals surface area contributed by atoms with E-state index >= 15 is 0 Å². The van der Waals surface area contributed by atoms with Gasteiger partial charge in [0.2, 0.25) is 5.16 Å². The summed E-state index contributed by atoms with van der Waals surface area (Å²) < 4.78 is 1.71. The van der Waals surface area contributed by atoms with Crippen molar-refractivity contribution in [2.24, 2.45) is 0 Å². The zero-order valence-corrected chi connectivity index (χ0v) is 11.3. The molecule has 0 saturated carbocycles. The molecule has 0 aliphatic carbocycles. The molecule has 19 heavy (non-hydrogen) atoms. The number of hydrogen-bond acceptors (Lipinski definition) is 4. The summed E-state index contributed by atoms with van der Waals surface area (Å²) in [7, 11) is 0. The van der Waals surface area contributed by atoms with Crippen LogP contribution in [0.15, 0.2) is 64.6 Å². The van der Waals surface area contributed by atoms with E-state index < -0.39 is 0 Å². The molecule has 0 N–H and O–H groups in total. The summed E-state index contributed by atoms with van der Waals surface area (Å²) in [4.78, 5) is 1.04. The van der Waals surface area contributed by atoms with Crippen LogP contribution in [0.5, 0.6) is 0 Å². The topological polar surface area (TPSA) is 43.6 Å². The summed E-state index contributed by atoms with van der Waals surface area (Å²) >= 11 is 7.36. The van der Waals surface area contributed by atoms with Crippen molar-refractivity contribution in [3.05, 3.63) is 59.6 Å². The molecule has 0 aliphatic heterocycles. The summed E-state index contributed by atoms with van der Waals surface area (Å²) in [6.45, 7) is 0. The van der Waals surface area contributed by atoms with Crippen LogP contribution in [0.2, 0.25) is 5.02 Å². The summed E-state index contributed by atoms with van der Waals surface area (Å²) in [5.74, 6) is 0. The summed E-state index contributed by atoms with van der Waals surface area (Å²) in [6.07, 6.45) is 0. The molecule has 1 heterocycles. The van der Waals surface area contributed by atoms with Gasteiger partial charge in [0.05, 0.1) is 5.69 Å². The SMILES string of the molecule is Clc1ccc(Sc2nnnn2-c2ccccc2)cc1. The van der Waals surface area contributed by atoms with Crippen molar-refractivity contribution >= 4 is 23.4 Å². The fourth-order valence-electron chi connectivity index (χ4n) is 1.58. The molecule has 0 saturated heterocycles. The highest BCUT2D eigenvalue weighted by atomic mass is 35.5. The second kappa shape index (κ2) is 5.42. The minimum Gasteiger partial charge on any atom is -0.187 e. The molecule has 0 bridgehead atoms. The fourth-order valence-corrected chi connectivity index (χ4v) is 2.50. The zero-order chi connectivity index (χ0) is 13.1. The van der Waals surface area contributed by atoms with Gasteiger partial charge in [-0.05, 0) is 58.6 Å². The molecule has 4 nitrogen and oxygen atoms in total. The molecular weight excluding hydrogens is 280 g/mol. The van der Waals surface area contributed by atoms with Crippen molar-refractivity contribution in [3.63, 3.8) is 0 Å². The van der Waals surface area contributed by atoms with E-state index in [1.807, 2.05) is 54.6 Å². The Labute approximate surface area is 119 Å². The molecule has 0 amide bonds. The van der Waals surface area contributed by atoms with Crippen LogP contribution in [0.25, 0.3) is 5.69 Å². The molecule has 94 valence electrons. The van der Waals surface area contributed by atoms with Gasteiger partial charge in [-0.1, -0.05) is 29.8 Å². The van der Waals surface area contributed by atoms with Gasteiger partial charge in [0.15, 0.2) is 0 Å². The molecule has 0 fully saturated rings. The van der Waals surface area contributed by atoms with Gasteiger partial charge >= 0.3 is 0 Å². The lowest BCUT2D eigenvalue weighted by atomic mass is 10.3. The molecule has 0 unspecified atom stereocenters. The Morgan fingerprint density at radius 3 is 2.42 bits per heavy atom. The Bertz CT molecular complexity index is 667. The van der Waals surface area contributed by atoms with E-state index in [2.05, 4.69) is 15.5 Å². The lowest BCUT2D eigenvalue weighted by Crippen LogP contribution is -1.98. The van der Waals surface area contributed by atoms with Crippen LogP contribution in [-0.4, -0.2) is 20.2 Å². The van der Waals surface area contributed by atoms with E-state index in [-0.39, 0.29) is 0 Å². The monoisotopic (exact) mass is 288 g/mol. The van der Waals surface area contributed by atoms with Crippen molar-refractivity contribution in [1.29, 1.82) is 0 Å². The van der Waals surface area contributed by atoms with E-state index in [0.29, 0.717) is 10.2 Å². The number of aromatic nitrogens is 4. The predicted octanol–water partition coefficient (Wildman–Crippen LogP) is 3.47. The van der Waals surface area contributed by atoms with E-state index in [9.17, 15) is 0 Å². The molecule has 0 radical (unpaired) electrons. The molecule has 0 aliphatic rings. The van der Waals surface area contributed by atoms with Crippen LogP contribution < -0.4 is 0 Å². The molecular formula is C13H9ClN4S. The molecule has 1 aromatic heterocycles. The maximum Gasteiger partial charge on any atom is 0.218 e. The molecule has 2 aromatic carbocycles. The third-order valence-electron chi connectivity index (χ3n) is 2.46. The first-order valence-corrected chi connectivity index (χ1v) is 6.79. The van der Waals surface area contributed by atoms with Crippen LogP contribution in [-0.2, 0) is 0 Å². The highest BCUT2D eigenvalue weighted by Gasteiger charge is 2.09. The highest BCUT2D eigenvalue weighted by Crippen LogP contribution is 2.27. The normalized spacial score (nSPS) is 10.6. The van der Waals surface area contributed by atoms with E-state index in [4.69, 9.17) is 11.6 Å². The van der Waals surface area contributed by atoms with Crippen LogP contribution >= 0.6 is 23.4 Å². The Kier molecular flexibility index (Phi) is 3.48. The van der Waals surface area contributed by atoms with Gasteiger partial charge in [-0.25, -0.2) is 0 Å². The van der Waals surface area contributed by atoms with Crippen molar-refractivity contribution in [2.45, 2.75) is 10.1 Å². The highest BCUT2D eigenvalue weighted by molar-refractivity contribution is 7.99. The van der Waals surface area contributed by atoms with Gasteiger partial charge < -0.3 is 0 Å². The van der Waals surface area contributed by atoms with Crippen LogP contribution in [0.1, 0.15) is 0 Å². The average Bonchev–Trinajstić information content (AvgIpc) is 2.90. The second-order valence-electron chi connectivity index (χ2n) is 3.76. The Hall–Kier alpha value is -1.85. The number of halogens is 1. The molecule has 3 rings (SSSR count). The van der Waals surface area contributed by atoms with Gasteiger partial charge in [0.25, 0.3) is 0 Å². The number of rotatable bonds is 3. The van der Waals surface area contributed by atoms with Gasteiger partial charge in [-0.3, -0.25) is 0 Å². The first-order chi connectivity index (χ1) is 9.33. The molecule has 6 heteroatoms. The van der Waals surface area contributed by atoms with Gasteiger partial charge in [0, 0.05) is 9.92 Å². The minimum atomic E-state index is 0.715. The number of benzene rings is 2. The van der Waals surface area contributed by atoms with Crippen molar-refractivity contribution < 1.29 is 0 Å². The third-order valence-corrected chi connectivity index (χ3v) is 3.66. The molecule has 0 atom stereocenters. The van der Waals surface area contributed by atoms with E-state index in [1.54, 1.807) is 4.68 Å². The second-order valence-corrected chi connectivity index (χ2v) is 5.24. The summed E-state index contributed by atoms with van der Waals surface area (Å²) in [5.41, 5.74) is 0.934. The number of tetrazole rings is 1. The molecule has 3 aromatic rings. The average molecular weight is 289 g/mol. The standard InChI is InChI=1S/C13H9ClN4S/c14-10-6-8-12(9-7-10)19-13-15-16-17-18(13)11-4-2-1-3-5-11/h1-9H. The minimum absolute atomic E-state index is 0.715. The zero-order valence-electron chi connectivity index (χ0n) is 9.77.